The second-order valence-corrected chi connectivity index (χ2v) is 7.22. The zero-order valence-electron chi connectivity index (χ0n) is 15.4. The number of nitrogens with zero attached hydrogens (tertiary/aromatic N) is 4. The number of hydrogen-bond acceptors (Lipinski definition) is 4. The van der Waals surface area contributed by atoms with Crippen molar-refractivity contribution in [2.24, 2.45) is 0 Å². The molecular weight excluding hydrogens is 416 g/mol. The third kappa shape index (κ3) is 3.61. The smallest absolute Gasteiger partial charge is 0.172 e. The van der Waals surface area contributed by atoms with Crippen molar-refractivity contribution in [3.63, 3.8) is 0 Å². The number of hydrogen-bond donors (Lipinski definition) is 2. The molecule has 1 aromatic carbocycles. The third-order valence-corrected chi connectivity index (χ3v) is 4.96. The zero-order chi connectivity index (χ0) is 19.5. The number of halogens is 1. The van der Waals surface area contributed by atoms with Crippen molar-refractivity contribution in [3.05, 3.63) is 83.3 Å². The van der Waals surface area contributed by atoms with Crippen molar-refractivity contribution in [1.82, 2.24) is 24.8 Å². The van der Waals surface area contributed by atoms with Crippen LogP contribution in [0.2, 0.25) is 0 Å². The average Bonchev–Trinajstić information content (AvgIpc) is 3.32. The molecule has 0 unspecified atom stereocenters. The van der Waals surface area contributed by atoms with E-state index >= 15 is 0 Å². The number of allylic oxidation sites excluding steroid dienone is 5. The number of H-pyrrole nitrogens is 1. The number of nitrogens with one attached hydrogen (secondary N) is 2. The molecule has 0 fully saturated rings. The molecule has 4 aromatic rings. The van der Waals surface area contributed by atoms with Gasteiger partial charge in [-0.05, 0) is 46.1 Å². The highest BCUT2D eigenvalue weighted by molar-refractivity contribution is 9.10. The van der Waals surface area contributed by atoms with E-state index in [4.69, 9.17) is 4.98 Å². The van der Waals surface area contributed by atoms with Gasteiger partial charge in [0.2, 0.25) is 0 Å². The first-order valence-corrected chi connectivity index (χ1v) is 9.61. The molecule has 0 spiro atoms. The Kier molecular flexibility index (Phi) is 5.08. The number of aromatic amines is 1. The molecule has 28 heavy (non-hydrogen) atoms. The monoisotopic (exact) mass is 434 g/mol. The van der Waals surface area contributed by atoms with Crippen LogP contribution in [0.3, 0.4) is 0 Å². The molecule has 2 N–H and O–H groups in total. The lowest BCUT2D eigenvalue weighted by molar-refractivity contribution is 0.922. The van der Waals surface area contributed by atoms with Crippen molar-refractivity contribution in [1.29, 1.82) is 0 Å². The van der Waals surface area contributed by atoms with Crippen LogP contribution in [-0.2, 0) is 6.54 Å². The van der Waals surface area contributed by atoms with E-state index in [0.29, 0.717) is 6.54 Å². The van der Waals surface area contributed by atoms with E-state index in [9.17, 15) is 0 Å². The number of benzene rings is 1. The van der Waals surface area contributed by atoms with Gasteiger partial charge in [-0.25, -0.2) is 4.98 Å². The van der Waals surface area contributed by atoms with Gasteiger partial charge in [0, 0.05) is 18.0 Å². The van der Waals surface area contributed by atoms with Gasteiger partial charge in [0.1, 0.15) is 5.82 Å². The maximum atomic E-state index is 4.74. The Morgan fingerprint density at radius 2 is 2.18 bits per heavy atom. The van der Waals surface area contributed by atoms with Crippen LogP contribution in [0, 0.1) is 0 Å². The Balaban J connectivity index is 1.67. The predicted octanol–water partition coefficient (Wildman–Crippen LogP) is 5.13. The second kappa shape index (κ2) is 7.82. The van der Waals surface area contributed by atoms with Crippen LogP contribution >= 0.6 is 15.9 Å². The summed E-state index contributed by atoms with van der Waals surface area (Å²) in [6, 6.07) is 8.25. The molecule has 0 aliphatic heterocycles. The minimum Gasteiger partial charge on any atom is -0.366 e. The Hall–Kier alpha value is -3.19. The normalized spacial score (nSPS) is 12.3. The van der Waals surface area contributed by atoms with Crippen LogP contribution in [0.25, 0.3) is 22.1 Å². The topological polar surface area (TPSA) is 70.9 Å². The SMILES string of the molecule is C=C/C=C\C=C(/C)c1cc(NCc2ccc3[nH]ncc3c2)n2ncc(Br)c2n1. The van der Waals surface area contributed by atoms with Crippen molar-refractivity contribution in [2.75, 3.05) is 5.32 Å². The minimum atomic E-state index is 0.663. The molecule has 140 valence electrons. The molecule has 3 heterocycles. The molecule has 0 atom stereocenters. The maximum Gasteiger partial charge on any atom is 0.172 e. The lowest BCUT2D eigenvalue weighted by atomic mass is 10.1. The first-order chi connectivity index (χ1) is 13.7. The van der Waals surface area contributed by atoms with E-state index in [0.717, 1.165) is 43.7 Å². The molecule has 0 saturated heterocycles. The Morgan fingerprint density at radius 1 is 1.29 bits per heavy atom. The number of fused-ring (bicyclic) bond motifs is 2. The standard InChI is InChI=1S/C21H19BrN6/c1-3-4-5-6-14(2)19-10-20(28-21(26-19)17(22)13-25-28)23-11-15-7-8-18-16(9-15)12-24-27-18/h3-10,12-13,23H,1,11H2,2H3,(H,24,27)/b5-4-,14-6+. The van der Waals surface area contributed by atoms with Gasteiger partial charge >= 0.3 is 0 Å². The molecule has 0 bridgehead atoms. The van der Waals surface area contributed by atoms with E-state index in [1.165, 1.54) is 0 Å². The Bertz CT molecular complexity index is 1210. The minimum absolute atomic E-state index is 0.663. The molecular formula is C21H19BrN6. The van der Waals surface area contributed by atoms with Crippen molar-refractivity contribution >= 4 is 43.9 Å². The molecule has 3 aromatic heterocycles. The highest BCUT2D eigenvalue weighted by Crippen LogP contribution is 2.24. The third-order valence-electron chi connectivity index (χ3n) is 4.40. The van der Waals surface area contributed by atoms with Gasteiger partial charge in [-0.15, -0.1) is 0 Å². The van der Waals surface area contributed by atoms with Gasteiger partial charge < -0.3 is 5.32 Å². The van der Waals surface area contributed by atoms with Crippen LogP contribution in [0.15, 0.2) is 72.0 Å². The maximum absolute atomic E-state index is 4.74. The first-order valence-electron chi connectivity index (χ1n) is 8.82. The number of rotatable bonds is 6. The summed E-state index contributed by atoms with van der Waals surface area (Å²) in [5.41, 5.74) is 4.90. The highest BCUT2D eigenvalue weighted by atomic mass is 79.9. The summed E-state index contributed by atoms with van der Waals surface area (Å²) in [6.07, 6.45) is 11.2. The molecule has 6 nitrogen and oxygen atoms in total. The molecule has 4 rings (SSSR count). The van der Waals surface area contributed by atoms with Crippen molar-refractivity contribution in [2.45, 2.75) is 13.5 Å². The first kappa shape index (κ1) is 18.2. The van der Waals surface area contributed by atoms with Crippen molar-refractivity contribution < 1.29 is 0 Å². The van der Waals surface area contributed by atoms with E-state index in [2.05, 4.69) is 55.3 Å². The van der Waals surface area contributed by atoms with Crippen molar-refractivity contribution in [3.8, 4) is 0 Å². The van der Waals surface area contributed by atoms with Gasteiger partial charge in [-0.1, -0.05) is 36.9 Å². The summed E-state index contributed by atoms with van der Waals surface area (Å²) in [5, 5.41) is 16.1. The fourth-order valence-electron chi connectivity index (χ4n) is 2.92. The molecule has 0 aliphatic carbocycles. The van der Waals surface area contributed by atoms with Crippen LogP contribution in [0.5, 0.6) is 0 Å². The molecule has 0 saturated carbocycles. The summed E-state index contributed by atoms with van der Waals surface area (Å²) in [4.78, 5) is 4.74. The number of aromatic nitrogens is 5. The second-order valence-electron chi connectivity index (χ2n) is 6.37. The molecule has 0 aliphatic rings. The fraction of sp³-hybridized carbons (Fsp3) is 0.0952. The largest absolute Gasteiger partial charge is 0.366 e. The zero-order valence-corrected chi connectivity index (χ0v) is 16.9. The van der Waals surface area contributed by atoms with Crippen LogP contribution in [-0.4, -0.2) is 24.8 Å². The lowest BCUT2D eigenvalue weighted by Crippen LogP contribution is -2.07. The summed E-state index contributed by atoms with van der Waals surface area (Å²) >= 11 is 3.54. The quantitative estimate of drug-likeness (QED) is 0.412. The van der Waals surface area contributed by atoms with Gasteiger partial charge in [0.15, 0.2) is 5.65 Å². The summed E-state index contributed by atoms with van der Waals surface area (Å²) in [7, 11) is 0. The van der Waals surface area contributed by atoms with Gasteiger partial charge in [-0.3, -0.25) is 5.10 Å². The molecule has 0 radical (unpaired) electrons. The Morgan fingerprint density at radius 3 is 3.04 bits per heavy atom. The molecule has 0 amide bonds. The summed E-state index contributed by atoms with van der Waals surface area (Å²) in [6.45, 7) is 6.39. The summed E-state index contributed by atoms with van der Waals surface area (Å²) in [5.74, 6) is 0.874. The predicted molar refractivity (Wildman–Crippen MR) is 117 cm³/mol. The summed E-state index contributed by atoms with van der Waals surface area (Å²) < 4.78 is 2.66. The van der Waals surface area contributed by atoms with E-state index in [1.807, 2.05) is 43.5 Å². The number of anilines is 1. The highest BCUT2D eigenvalue weighted by Gasteiger charge is 2.11. The average molecular weight is 435 g/mol. The van der Waals surface area contributed by atoms with Gasteiger partial charge in [-0.2, -0.15) is 14.7 Å². The van der Waals surface area contributed by atoms with E-state index in [1.54, 1.807) is 16.8 Å². The van der Waals surface area contributed by atoms with Gasteiger partial charge in [0.25, 0.3) is 0 Å². The van der Waals surface area contributed by atoms with E-state index in [-0.39, 0.29) is 0 Å². The van der Waals surface area contributed by atoms with Crippen LogP contribution < -0.4 is 5.32 Å². The molecule has 7 heteroatoms. The fourth-order valence-corrected chi connectivity index (χ4v) is 3.27. The lowest BCUT2D eigenvalue weighted by Gasteiger charge is -2.11. The van der Waals surface area contributed by atoms with Crippen LogP contribution in [0.4, 0.5) is 5.82 Å². The van der Waals surface area contributed by atoms with Crippen LogP contribution in [0.1, 0.15) is 18.2 Å². The Labute approximate surface area is 170 Å². The van der Waals surface area contributed by atoms with E-state index < -0.39 is 0 Å². The van der Waals surface area contributed by atoms with Gasteiger partial charge in [0.05, 0.1) is 28.1 Å².